The Morgan fingerprint density at radius 1 is 1.10 bits per heavy atom. The molecule has 2 rings (SSSR count). The lowest BCUT2D eigenvalue weighted by Crippen LogP contribution is -2.03. The van der Waals surface area contributed by atoms with Gasteiger partial charge in [0.15, 0.2) is 0 Å². The van der Waals surface area contributed by atoms with Gasteiger partial charge in [0.25, 0.3) is 5.69 Å². The molecule has 0 bridgehead atoms. The van der Waals surface area contributed by atoms with Gasteiger partial charge in [-0.15, -0.1) is 0 Å². The average Bonchev–Trinajstić information content (AvgIpc) is 2.48. The molecule has 0 saturated heterocycles. The summed E-state index contributed by atoms with van der Waals surface area (Å²) in [6, 6.07) is 14.5. The van der Waals surface area contributed by atoms with Crippen LogP contribution >= 0.6 is 15.9 Å². The summed E-state index contributed by atoms with van der Waals surface area (Å²) in [5.41, 5.74) is 2.01. The molecule has 0 aliphatic heterocycles. The van der Waals surface area contributed by atoms with Crippen molar-refractivity contribution in [3.8, 4) is 5.75 Å². The van der Waals surface area contributed by atoms with Crippen LogP contribution in [-0.4, -0.2) is 11.5 Å². The van der Waals surface area contributed by atoms with E-state index in [1.807, 2.05) is 24.3 Å². The van der Waals surface area contributed by atoms with Gasteiger partial charge in [-0.2, -0.15) is 0 Å². The molecular weight excluding hydrogens is 322 g/mol. The van der Waals surface area contributed by atoms with Crippen molar-refractivity contribution in [1.82, 2.24) is 0 Å². The van der Waals surface area contributed by atoms with Crippen molar-refractivity contribution in [2.75, 3.05) is 6.61 Å². The minimum Gasteiger partial charge on any atom is -0.493 e. The molecule has 0 fully saturated rings. The van der Waals surface area contributed by atoms with E-state index in [1.165, 1.54) is 11.6 Å². The van der Waals surface area contributed by atoms with Crippen LogP contribution in [-0.2, 0) is 11.8 Å². The number of rotatable bonds is 6. The molecule has 2 aromatic carbocycles. The van der Waals surface area contributed by atoms with Crippen LogP contribution in [0.3, 0.4) is 0 Å². The highest BCUT2D eigenvalue weighted by atomic mass is 79.9. The number of benzene rings is 2. The maximum absolute atomic E-state index is 10.9. The summed E-state index contributed by atoms with van der Waals surface area (Å²) < 4.78 is 5.61. The van der Waals surface area contributed by atoms with Gasteiger partial charge in [0, 0.05) is 23.4 Å². The molecule has 0 heterocycles. The van der Waals surface area contributed by atoms with E-state index in [-0.39, 0.29) is 10.6 Å². The topological polar surface area (TPSA) is 52.4 Å². The Balaban J connectivity index is 1.94. The Kier molecular flexibility index (Phi) is 5.12. The number of nitrogens with zero attached hydrogens (tertiary/aromatic N) is 1. The fourth-order valence-corrected chi connectivity index (χ4v) is 2.23. The number of nitro groups is 1. The standard InChI is InChI=1S/C15H14BrNO3/c16-11-12-5-7-14(8-6-12)20-10-9-13-3-1-2-4-15(13)17(18)19/h1-8H,9-11H2. The number of halogens is 1. The fraction of sp³-hybridized carbons (Fsp3) is 0.200. The van der Waals surface area contributed by atoms with Gasteiger partial charge < -0.3 is 4.74 Å². The van der Waals surface area contributed by atoms with E-state index in [0.717, 1.165) is 11.1 Å². The Morgan fingerprint density at radius 3 is 2.45 bits per heavy atom. The van der Waals surface area contributed by atoms with E-state index in [1.54, 1.807) is 18.2 Å². The highest BCUT2D eigenvalue weighted by Gasteiger charge is 2.11. The fourth-order valence-electron chi connectivity index (χ4n) is 1.85. The largest absolute Gasteiger partial charge is 0.493 e. The highest BCUT2D eigenvalue weighted by Crippen LogP contribution is 2.19. The van der Waals surface area contributed by atoms with Crippen LogP contribution in [0.4, 0.5) is 5.69 Å². The molecule has 0 atom stereocenters. The number of ether oxygens (including phenoxy) is 1. The van der Waals surface area contributed by atoms with Crippen molar-refractivity contribution in [2.45, 2.75) is 11.8 Å². The zero-order valence-electron chi connectivity index (χ0n) is 10.8. The van der Waals surface area contributed by atoms with E-state index in [0.29, 0.717) is 18.6 Å². The molecule has 0 spiro atoms. The normalized spacial score (nSPS) is 10.2. The molecule has 0 amide bonds. The number of nitro benzene ring substituents is 1. The molecule has 0 aromatic heterocycles. The van der Waals surface area contributed by atoms with Crippen LogP contribution in [0.15, 0.2) is 48.5 Å². The Bertz CT molecular complexity index is 584. The Labute approximate surface area is 125 Å². The van der Waals surface area contributed by atoms with Crippen LogP contribution < -0.4 is 4.74 Å². The van der Waals surface area contributed by atoms with Crippen molar-refractivity contribution >= 4 is 21.6 Å². The molecule has 0 N–H and O–H groups in total. The maximum Gasteiger partial charge on any atom is 0.272 e. The van der Waals surface area contributed by atoms with Gasteiger partial charge in [0.2, 0.25) is 0 Å². The smallest absolute Gasteiger partial charge is 0.272 e. The molecule has 4 nitrogen and oxygen atoms in total. The van der Waals surface area contributed by atoms with Gasteiger partial charge >= 0.3 is 0 Å². The van der Waals surface area contributed by atoms with Crippen LogP contribution in [0, 0.1) is 10.1 Å². The first kappa shape index (κ1) is 14.5. The first-order chi connectivity index (χ1) is 9.70. The van der Waals surface area contributed by atoms with E-state index >= 15 is 0 Å². The van der Waals surface area contributed by atoms with E-state index in [9.17, 15) is 10.1 Å². The minimum absolute atomic E-state index is 0.144. The van der Waals surface area contributed by atoms with Crippen LogP contribution in [0.2, 0.25) is 0 Å². The first-order valence-corrected chi connectivity index (χ1v) is 7.33. The third-order valence-corrected chi connectivity index (χ3v) is 3.55. The van der Waals surface area contributed by atoms with Gasteiger partial charge in [0.1, 0.15) is 5.75 Å². The number of hydrogen-bond acceptors (Lipinski definition) is 3. The Hall–Kier alpha value is -1.88. The monoisotopic (exact) mass is 335 g/mol. The van der Waals surface area contributed by atoms with Crippen molar-refractivity contribution in [3.05, 3.63) is 69.8 Å². The number of para-hydroxylation sites is 1. The van der Waals surface area contributed by atoms with Gasteiger partial charge in [0.05, 0.1) is 11.5 Å². The van der Waals surface area contributed by atoms with Gasteiger partial charge in [-0.25, -0.2) is 0 Å². The zero-order chi connectivity index (χ0) is 14.4. The van der Waals surface area contributed by atoms with Crippen LogP contribution in [0.25, 0.3) is 0 Å². The van der Waals surface area contributed by atoms with Gasteiger partial charge in [-0.1, -0.05) is 46.3 Å². The van der Waals surface area contributed by atoms with E-state index in [4.69, 9.17) is 4.74 Å². The molecule has 0 aliphatic carbocycles. The van der Waals surface area contributed by atoms with Crippen molar-refractivity contribution in [1.29, 1.82) is 0 Å². The molecule has 104 valence electrons. The lowest BCUT2D eigenvalue weighted by atomic mass is 10.1. The van der Waals surface area contributed by atoms with Gasteiger partial charge in [-0.3, -0.25) is 10.1 Å². The second-order valence-corrected chi connectivity index (χ2v) is 4.82. The summed E-state index contributed by atoms with van der Waals surface area (Å²) in [7, 11) is 0. The SMILES string of the molecule is O=[N+]([O-])c1ccccc1CCOc1ccc(CBr)cc1. The molecule has 0 saturated carbocycles. The predicted molar refractivity (Wildman–Crippen MR) is 81.4 cm³/mol. The molecule has 0 unspecified atom stereocenters. The van der Waals surface area contributed by atoms with Crippen molar-refractivity contribution in [2.24, 2.45) is 0 Å². The third-order valence-electron chi connectivity index (χ3n) is 2.91. The molecular formula is C15H14BrNO3. The summed E-state index contributed by atoms with van der Waals surface area (Å²) in [5.74, 6) is 0.772. The van der Waals surface area contributed by atoms with E-state index < -0.39 is 0 Å². The first-order valence-electron chi connectivity index (χ1n) is 6.20. The molecule has 5 heteroatoms. The second kappa shape index (κ2) is 7.05. The average molecular weight is 336 g/mol. The molecule has 2 aromatic rings. The van der Waals surface area contributed by atoms with Crippen molar-refractivity contribution < 1.29 is 9.66 Å². The lowest BCUT2D eigenvalue weighted by molar-refractivity contribution is -0.385. The van der Waals surface area contributed by atoms with Crippen LogP contribution in [0.5, 0.6) is 5.75 Å². The summed E-state index contributed by atoms with van der Waals surface area (Å²) in [6.07, 6.45) is 0.511. The van der Waals surface area contributed by atoms with Crippen molar-refractivity contribution in [3.63, 3.8) is 0 Å². The summed E-state index contributed by atoms with van der Waals surface area (Å²) in [6.45, 7) is 0.415. The quantitative estimate of drug-likeness (QED) is 0.453. The lowest BCUT2D eigenvalue weighted by Gasteiger charge is -2.07. The number of alkyl halides is 1. The van der Waals surface area contributed by atoms with Gasteiger partial charge in [-0.05, 0) is 17.7 Å². The summed E-state index contributed by atoms with van der Waals surface area (Å²) in [4.78, 5) is 10.5. The zero-order valence-corrected chi connectivity index (χ0v) is 12.4. The van der Waals surface area contributed by atoms with E-state index in [2.05, 4.69) is 15.9 Å². The summed E-state index contributed by atoms with van der Waals surface area (Å²) >= 11 is 3.38. The third kappa shape index (κ3) is 3.81. The molecule has 0 aliphatic rings. The maximum atomic E-state index is 10.9. The second-order valence-electron chi connectivity index (χ2n) is 4.26. The molecule has 0 radical (unpaired) electrons. The highest BCUT2D eigenvalue weighted by molar-refractivity contribution is 9.08. The minimum atomic E-state index is -0.361. The summed E-state index contributed by atoms with van der Waals surface area (Å²) in [5, 5.41) is 11.7. The predicted octanol–water partition coefficient (Wildman–Crippen LogP) is 4.11. The molecule has 20 heavy (non-hydrogen) atoms. The van der Waals surface area contributed by atoms with Crippen LogP contribution in [0.1, 0.15) is 11.1 Å². The number of hydrogen-bond donors (Lipinski definition) is 0. The Morgan fingerprint density at radius 2 is 1.80 bits per heavy atom.